The summed E-state index contributed by atoms with van der Waals surface area (Å²) in [7, 11) is 0. The molecule has 0 amide bonds. The first-order valence-electron chi connectivity index (χ1n) is 6.45. The number of pyridine rings is 1. The minimum Gasteiger partial charge on any atom is -0.353 e. The van der Waals surface area contributed by atoms with Crippen molar-refractivity contribution in [3.05, 3.63) is 36.0 Å². The van der Waals surface area contributed by atoms with Crippen LogP contribution in [0.4, 0.5) is 5.82 Å². The third kappa shape index (κ3) is 3.56. The Kier molecular flexibility index (Phi) is 4.56. The molecular formula is C14H21N3. The molecule has 0 fully saturated rings. The molecule has 1 aliphatic heterocycles. The molecule has 1 aromatic heterocycles. The highest BCUT2D eigenvalue weighted by molar-refractivity contribution is 5.42. The highest BCUT2D eigenvalue weighted by Gasteiger charge is 2.08. The number of rotatable bonds is 5. The number of hydrogen-bond donors (Lipinski definition) is 1. The number of anilines is 1. The molecule has 1 aliphatic rings. The van der Waals surface area contributed by atoms with E-state index in [-0.39, 0.29) is 0 Å². The molecule has 3 nitrogen and oxygen atoms in total. The molecule has 0 spiro atoms. The highest BCUT2D eigenvalue weighted by atomic mass is 15.2. The highest BCUT2D eigenvalue weighted by Crippen LogP contribution is 2.15. The van der Waals surface area contributed by atoms with Gasteiger partial charge in [0.25, 0.3) is 0 Å². The smallest absolute Gasteiger partial charge is 0.129 e. The van der Waals surface area contributed by atoms with Gasteiger partial charge in [0, 0.05) is 25.8 Å². The molecule has 1 N–H and O–H groups in total. The van der Waals surface area contributed by atoms with Gasteiger partial charge in [0.05, 0.1) is 0 Å². The second kappa shape index (κ2) is 6.40. The average Bonchev–Trinajstić information content (AvgIpc) is 2.41. The van der Waals surface area contributed by atoms with Crippen molar-refractivity contribution < 1.29 is 0 Å². The largest absolute Gasteiger partial charge is 0.353 e. The molecule has 17 heavy (non-hydrogen) atoms. The zero-order valence-electron chi connectivity index (χ0n) is 10.5. The Morgan fingerprint density at radius 3 is 3.12 bits per heavy atom. The summed E-state index contributed by atoms with van der Waals surface area (Å²) >= 11 is 0. The molecular weight excluding hydrogens is 210 g/mol. The SMILES string of the molecule is CCCNCc1ccnc(N2CC=CCC2)c1. The predicted octanol–water partition coefficient (Wildman–Crippen LogP) is 2.35. The summed E-state index contributed by atoms with van der Waals surface area (Å²) in [5.41, 5.74) is 1.32. The third-order valence-corrected chi connectivity index (χ3v) is 2.95. The normalized spacial score (nSPS) is 15.2. The van der Waals surface area contributed by atoms with Crippen LogP contribution in [0.3, 0.4) is 0 Å². The quantitative estimate of drug-likeness (QED) is 0.623. The zero-order valence-corrected chi connectivity index (χ0v) is 10.5. The molecule has 3 heteroatoms. The van der Waals surface area contributed by atoms with E-state index >= 15 is 0 Å². The van der Waals surface area contributed by atoms with Crippen LogP contribution < -0.4 is 10.2 Å². The van der Waals surface area contributed by atoms with Gasteiger partial charge in [-0.3, -0.25) is 0 Å². The van der Waals surface area contributed by atoms with E-state index in [0.717, 1.165) is 38.4 Å². The second-order valence-electron chi connectivity index (χ2n) is 4.41. The summed E-state index contributed by atoms with van der Waals surface area (Å²) in [5.74, 6) is 1.10. The van der Waals surface area contributed by atoms with E-state index in [0.29, 0.717) is 0 Å². The van der Waals surface area contributed by atoms with Crippen LogP contribution in [0, 0.1) is 0 Å². The van der Waals surface area contributed by atoms with Crippen molar-refractivity contribution in [2.45, 2.75) is 26.3 Å². The average molecular weight is 231 g/mol. The Balaban J connectivity index is 1.98. The lowest BCUT2D eigenvalue weighted by molar-refractivity contribution is 0.674. The Hall–Kier alpha value is -1.35. The van der Waals surface area contributed by atoms with Crippen LogP contribution in [0.25, 0.3) is 0 Å². The topological polar surface area (TPSA) is 28.2 Å². The van der Waals surface area contributed by atoms with E-state index < -0.39 is 0 Å². The van der Waals surface area contributed by atoms with E-state index in [1.807, 2.05) is 6.20 Å². The summed E-state index contributed by atoms with van der Waals surface area (Å²) in [6.45, 7) is 6.26. The van der Waals surface area contributed by atoms with Crippen molar-refractivity contribution in [1.29, 1.82) is 0 Å². The molecule has 0 saturated heterocycles. The fraction of sp³-hybridized carbons (Fsp3) is 0.500. The first-order chi connectivity index (χ1) is 8.40. The first-order valence-corrected chi connectivity index (χ1v) is 6.45. The molecule has 0 aromatic carbocycles. The van der Waals surface area contributed by atoms with Crippen molar-refractivity contribution in [3.8, 4) is 0 Å². The van der Waals surface area contributed by atoms with E-state index in [1.54, 1.807) is 0 Å². The van der Waals surface area contributed by atoms with Gasteiger partial charge in [0.1, 0.15) is 5.82 Å². The molecule has 0 aliphatic carbocycles. The van der Waals surface area contributed by atoms with Crippen LogP contribution in [0.15, 0.2) is 30.5 Å². The van der Waals surface area contributed by atoms with Gasteiger partial charge >= 0.3 is 0 Å². The van der Waals surface area contributed by atoms with Gasteiger partial charge < -0.3 is 10.2 Å². The van der Waals surface area contributed by atoms with Crippen LogP contribution in [0.1, 0.15) is 25.3 Å². The Labute approximate surface area is 104 Å². The van der Waals surface area contributed by atoms with Crippen LogP contribution in [0.5, 0.6) is 0 Å². The van der Waals surface area contributed by atoms with Crippen molar-refractivity contribution >= 4 is 5.82 Å². The van der Waals surface area contributed by atoms with Crippen LogP contribution in [-0.2, 0) is 6.54 Å². The number of hydrogen-bond acceptors (Lipinski definition) is 3. The molecule has 1 aromatic rings. The molecule has 0 radical (unpaired) electrons. The Morgan fingerprint density at radius 2 is 2.35 bits per heavy atom. The van der Waals surface area contributed by atoms with Gasteiger partial charge in [-0.1, -0.05) is 19.1 Å². The van der Waals surface area contributed by atoms with E-state index in [4.69, 9.17) is 0 Å². The van der Waals surface area contributed by atoms with Crippen molar-refractivity contribution in [2.75, 3.05) is 24.5 Å². The molecule has 2 heterocycles. The van der Waals surface area contributed by atoms with E-state index in [9.17, 15) is 0 Å². The van der Waals surface area contributed by atoms with Gasteiger partial charge in [-0.15, -0.1) is 0 Å². The summed E-state index contributed by atoms with van der Waals surface area (Å²) in [6, 6.07) is 4.29. The van der Waals surface area contributed by atoms with Gasteiger partial charge in [-0.25, -0.2) is 4.98 Å². The Bertz CT molecular complexity index is 373. The lowest BCUT2D eigenvalue weighted by Gasteiger charge is -2.24. The van der Waals surface area contributed by atoms with Crippen molar-refractivity contribution in [1.82, 2.24) is 10.3 Å². The van der Waals surface area contributed by atoms with Gasteiger partial charge in [0.2, 0.25) is 0 Å². The number of aromatic nitrogens is 1. The summed E-state index contributed by atoms with van der Waals surface area (Å²) in [5, 5.41) is 3.42. The van der Waals surface area contributed by atoms with Gasteiger partial charge in [-0.2, -0.15) is 0 Å². The molecule has 92 valence electrons. The maximum Gasteiger partial charge on any atom is 0.129 e. The summed E-state index contributed by atoms with van der Waals surface area (Å²) in [4.78, 5) is 6.78. The molecule has 2 rings (SSSR count). The fourth-order valence-electron chi connectivity index (χ4n) is 2.00. The van der Waals surface area contributed by atoms with Gasteiger partial charge in [-0.05, 0) is 37.1 Å². The van der Waals surface area contributed by atoms with E-state index in [1.165, 1.54) is 12.0 Å². The number of nitrogens with one attached hydrogen (secondary N) is 1. The van der Waals surface area contributed by atoms with Crippen molar-refractivity contribution in [2.24, 2.45) is 0 Å². The minimum atomic E-state index is 0.938. The molecule has 0 atom stereocenters. The zero-order chi connectivity index (χ0) is 11.9. The minimum absolute atomic E-state index is 0.938. The lowest BCUT2D eigenvalue weighted by Crippen LogP contribution is -2.27. The first kappa shape index (κ1) is 12.1. The maximum absolute atomic E-state index is 4.46. The molecule has 0 unspecified atom stereocenters. The monoisotopic (exact) mass is 231 g/mol. The predicted molar refractivity (Wildman–Crippen MR) is 72.2 cm³/mol. The fourth-order valence-corrected chi connectivity index (χ4v) is 2.00. The van der Waals surface area contributed by atoms with E-state index in [2.05, 4.69) is 46.4 Å². The lowest BCUT2D eigenvalue weighted by atomic mass is 10.2. The number of nitrogens with zero attached hydrogens (tertiary/aromatic N) is 2. The van der Waals surface area contributed by atoms with Crippen LogP contribution in [-0.4, -0.2) is 24.6 Å². The maximum atomic E-state index is 4.46. The standard InChI is InChI=1S/C14H21N3/c1-2-7-15-12-13-6-8-16-14(11-13)17-9-4-3-5-10-17/h3-4,6,8,11,15H,2,5,7,9-10,12H2,1H3. The van der Waals surface area contributed by atoms with Crippen molar-refractivity contribution in [3.63, 3.8) is 0 Å². The Morgan fingerprint density at radius 1 is 1.41 bits per heavy atom. The van der Waals surface area contributed by atoms with Crippen LogP contribution >= 0.6 is 0 Å². The third-order valence-electron chi connectivity index (χ3n) is 2.95. The summed E-state index contributed by atoms with van der Waals surface area (Å²) < 4.78 is 0. The summed E-state index contributed by atoms with van der Waals surface area (Å²) in [6.07, 6.45) is 8.67. The molecule has 0 bridgehead atoms. The van der Waals surface area contributed by atoms with Crippen LogP contribution in [0.2, 0.25) is 0 Å². The van der Waals surface area contributed by atoms with Gasteiger partial charge in [0.15, 0.2) is 0 Å². The molecule has 0 saturated carbocycles. The second-order valence-corrected chi connectivity index (χ2v) is 4.41.